The SMILES string of the molecule is CCCN(CC#N)C(=O)c1cccc(S(=O)(=O)N2CC(C)CC(C)C2)c1. The molecule has 7 heteroatoms. The lowest BCUT2D eigenvalue weighted by molar-refractivity contribution is 0.0776. The van der Waals surface area contributed by atoms with Crippen LogP contribution in [0.15, 0.2) is 29.2 Å². The van der Waals surface area contributed by atoms with Crippen LogP contribution < -0.4 is 0 Å². The summed E-state index contributed by atoms with van der Waals surface area (Å²) in [5.74, 6) is 0.314. The maximum atomic E-state index is 13.0. The van der Waals surface area contributed by atoms with E-state index in [1.54, 1.807) is 12.1 Å². The van der Waals surface area contributed by atoms with E-state index in [1.165, 1.54) is 21.3 Å². The number of carbonyl (C=O) groups is 1. The van der Waals surface area contributed by atoms with Gasteiger partial charge in [-0.3, -0.25) is 4.79 Å². The molecule has 1 heterocycles. The predicted molar refractivity (Wildman–Crippen MR) is 100.0 cm³/mol. The molecule has 2 rings (SSSR count). The van der Waals surface area contributed by atoms with Crippen molar-refractivity contribution in [3.8, 4) is 6.07 Å². The normalized spacial score (nSPS) is 21.2. The van der Waals surface area contributed by atoms with Crippen molar-refractivity contribution < 1.29 is 13.2 Å². The summed E-state index contributed by atoms with van der Waals surface area (Å²) in [6, 6.07) is 8.14. The quantitative estimate of drug-likeness (QED) is 0.714. The highest BCUT2D eigenvalue weighted by Crippen LogP contribution is 2.27. The Morgan fingerprint density at radius 2 is 1.96 bits per heavy atom. The third-order valence-corrected chi connectivity index (χ3v) is 6.42. The van der Waals surface area contributed by atoms with E-state index < -0.39 is 10.0 Å². The molecule has 0 aliphatic carbocycles. The molecule has 1 aliphatic heterocycles. The number of hydrogen-bond donors (Lipinski definition) is 0. The van der Waals surface area contributed by atoms with Crippen molar-refractivity contribution >= 4 is 15.9 Å². The van der Waals surface area contributed by atoms with E-state index in [0.717, 1.165) is 12.8 Å². The van der Waals surface area contributed by atoms with Crippen LogP contribution in [0, 0.1) is 23.2 Å². The van der Waals surface area contributed by atoms with E-state index >= 15 is 0 Å². The van der Waals surface area contributed by atoms with Crippen LogP contribution in [0.2, 0.25) is 0 Å². The van der Waals surface area contributed by atoms with Crippen LogP contribution in [0.4, 0.5) is 0 Å². The Hall–Kier alpha value is -1.91. The molecule has 6 nitrogen and oxygen atoms in total. The summed E-state index contributed by atoms with van der Waals surface area (Å²) in [4.78, 5) is 14.2. The smallest absolute Gasteiger partial charge is 0.254 e. The van der Waals surface area contributed by atoms with Crippen LogP contribution in [0.5, 0.6) is 0 Å². The number of piperidine rings is 1. The minimum absolute atomic E-state index is 0.00912. The van der Waals surface area contributed by atoms with Crippen molar-refractivity contribution in [1.82, 2.24) is 9.21 Å². The Kier molecular flexibility index (Phi) is 6.79. The van der Waals surface area contributed by atoms with Gasteiger partial charge in [-0.25, -0.2) is 8.42 Å². The molecule has 1 aromatic carbocycles. The number of rotatable bonds is 6. The van der Waals surface area contributed by atoms with Gasteiger partial charge in [0.05, 0.1) is 11.0 Å². The lowest BCUT2D eigenvalue weighted by Crippen LogP contribution is -2.42. The van der Waals surface area contributed by atoms with E-state index in [1.807, 2.05) is 13.0 Å². The van der Waals surface area contributed by atoms with Gasteiger partial charge in [0.1, 0.15) is 6.54 Å². The van der Waals surface area contributed by atoms with Crippen molar-refractivity contribution in [2.45, 2.75) is 38.5 Å². The molecule has 1 saturated heterocycles. The minimum atomic E-state index is -3.64. The van der Waals surface area contributed by atoms with Gasteiger partial charge in [-0.1, -0.05) is 26.8 Å². The second kappa shape index (κ2) is 8.65. The molecule has 1 aromatic rings. The first-order valence-electron chi connectivity index (χ1n) is 9.06. The lowest BCUT2D eigenvalue weighted by atomic mass is 9.94. The van der Waals surface area contributed by atoms with Gasteiger partial charge in [0.15, 0.2) is 0 Å². The molecular formula is C19H27N3O3S. The Balaban J connectivity index is 2.30. The molecule has 0 spiro atoms. The molecule has 1 amide bonds. The summed E-state index contributed by atoms with van der Waals surface area (Å²) in [6.45, 7) is 7.50. The van der Waals surface area contributed by atoms with Crippen LogP contribution in [0.1, 0.15) is 44.0 Å². The van der Waals surface area contributed by atoms with Gasteiger partial charge in [-0.2, -0.15) is 9.57 Å². The minimum Gasteiger partial charge on any atom is -0.325 e. The Morgan fingerprint density at radius 3 is 2.54 bits per heavy atom. The first-order chi connectivity index (χ1) is 12.3. The zero-order valence-electron chi connectivity index (χ0n) is 15.7. The summed E-state index contributed by atoms with van der Waals surface area (Å²) in [5, 5.41) is 8.92. The Morgan fingerprint density at radius 1 is 1.31 bits per heavy atom. The third kappa shape index (κ3) is 4.63. The number of benzene rings is 1. The standard InChI is InChI=1S/C19H27N3O3S/c1-4-9-21(10-8-20)19(23)17-6-5-7-18(12-17)26(24,25)22-13-15(2)11-16(3)14-22/h5-7,12,15-16H,4,9-11,13-14H2,1-3H3. The number of hydrogen-bond acceptors (Lipinski definition) is 4. The Bertz CT molecular complexity index is 775. The summed E-state index contributed by atoms with van der Waals surface area (Å²) in [6.07, 6.45) is 1.75. The number of sulfonamides is 1. The molecular weight excluding hydrogens is 350 g/mol. The topological polar surface area (TPSA) is 81.5 Å². The molecule has 2 unspecified atom stereocenters. The average molecular weight is 378 g/mol. The zero-order chi connectivity index (χ0) is 19.3. The number of nitrogens with zero attached hydrogens (tertiary/aromatic N) is 3. The predicted octanol–water partition coefficient (Wildman–Crippen LogP) is 2.73. The molecule has 26 heavy (non-hydrogen) atoms. The van der Waals surface area contributed by atoms with Gasteiger partial charge in [0.25, 0.3) is 5.91 Å². The van der Waals surface area contributed by atoms with Crippen molar-refractivity contribution in [1.29, 1.82) is 5.26 Å². The van der Waals surface area contributed by atoms with Gasteiger partial charge in [-0.05, 0) is 42.9 Å². The maximum absolute atomic E-state index is 13.0. The van der Waals surface area contributed by atoms with Crippen LogP contribution >= 0.6 is 0 Å². The lowest BCUT2D eigenvalue weighted by Gasteiger charge is -2.34. The molecule has 2 atom stereocenters. The van der Waals surface area contributed by atoms with E-state index in [9.17, 15) is 13.2 Å². The van der Waals surface area contributed by atoms with E-state index in [-0.39, 0.29) is 17.3 Å². The van der Waals surface area contributed by atoms with Gasteiger partial charge < -0.3 is 4.90 Å². The molecule has 0 bridgehead atoms. The first kappa shape index (κ1) is 20.4. The largest absolute Gasteiger partial charge is 0.325 e. The fourth-order valence-corrected chi connectivity index (χ4v) is 5.26. The highest BCUT2D eigenvalue weighted by Gasteiger charge is 2.32. The highest BCUT2D eigenvalue weighted by molar-refractivity contribution is 7.89. The van der Waals surface area contributed by atoms with Crippen LogP contribution in [-0.2, 0) is 10.0 Å². The summed E-state index contributed by atoms with van der Waals surface area (Å²) in [7, 11) is -3.64. The molecule has 0 N–H and O–H groups in total. The van der Waals surface area contributed by atoms with E-state index in [0.29, 0.717) is 37.0 Å². The van der Waals surface area contributed by atoms with E-state index in [2.05, 4.69) is 13.8 Å². The second-order valence-electron chi connectivity index (χ2n) is 7.18. The number of amides is 1. The Labute approximate surface area is 156 Å². The van der Waals surface area contributed by atoms with Crippen molar-refractivity contribution in [2.24, 2.45) is 11.8 Å². The maximum Gasteiger partial charge on any atom is 0.254 e. The highest BCUT2D eigenvalue weighted by atomic mass is 32.2. The summed E-state index contributed by atoms with van der Waals surface area (Å²) < 4.78 is 27.6. The number of nitriles is 1. The fraction of sp³-hybridized carbons (Fsp3) is 0.579. The van der Waals surface area contributed by atoms with Crippen LogP contribution in [0.25, 0.3) is 0 Å². The number of carbonyl (C=O) groups excluding carboxylic acids is 1. The molecule has 0 saturated carbocycles. The summed E-state index contributed by atoms with van der Waals surface area (Å²) in [5.41, 5.74) is 0.299. The molecule has 0 aromatic heterocycles. The van der Waals surface area contributed by atoms with Gasteiger partial charge >= 0.3 is 0 Å². The fourth-order valence-electron chi connectivity index (χ4n) is 3.53. The van der Waals surface area contributed by atoms with Gasteiger partial charge in [0.2, 0.25) is 10.0 Å². The molecule has 1 fully saturated rings. The molecule has 1 aliphatic rings. The van der Waals surface area contributed by atoms with Crippen LogP contribution in [0.3, 0.4) is 0 Å². The second-order valence-corrected chi connectivity index (χ2v) is 9.12. The first-order valence-corrected chi connectivity index (χ1v) is 10.5. The molecule has 142 valence electrons. The zero-order valence-corrected chi connectivity index (χ0v) is 16.5. The average Bonchev–Trinajstić information content (AvgIpc) is 2.60. The molecule has 0 radical (unpaired) electrons. The summed E-state index contributed by atoms with van der Waals surface area (Å²) >= 11 is 0. The van der Waals surface area contributed by atoms with Gasteiger partial charge in [-0.15, -0.1) is 0 Å². The monoisotopic (exact) mass is 377 g/mol. The van der Waals surface area contributed by atoms with Crippen molar-refractivity contribution in [3.63, 3.8) is 0 Å². The van der Waals surface area contributed by atoms with Crippen molar-refractivity contribution in [2.75, 3.05) is 26.2 Å². The van der Waals surface area contributed by atoms with E-state index in [4.69, 9.17) is 5.26 Å². The van der Waals surface area contributed by atoms with Gasteiger partial charge in [0, 0.05) is 25.2 Å². The van der Waals surface area contributed by atoms with Crippen LogP contribution in [-0.4, -0.2) is 49.7 Å². The third-order valence-electron chi connectivity index (χ3n) is 4.60. The van der Waals surface area contributed by atoms with Crippen molar-refractivity contribution in [3.05, 3.63) is 29.8 Å².